The van der Waals surface area contributed by atoms with Crippen LogP contribution in [0.2, 0.25) is 0 Å². The highest BCUT2D eigenvalue weighted by Gasteiger charge is 2.32. The first-order valence-corrected chi connectivity index (χ1v) is 8.29. The van der Waals surface area contributed by atoms with Crippen LogP contribution >= 0.6 is 0 Å². The van der Waals surface area contributed by atoms with Gasteiger partial charge in [0, 0.05) is 5.56 Å². The maximum absolute atomic E-state index is 14.3. The topological polar surface area (TPSA) is 116 Å². The largest absolute Gasteiger partial charge is 0.478 e. The molecule has 0 spiro atoms. The molecule has 0 fully saturated rings. The Morgan fingerprint density at radius 3 is 2.29 bits per heavy atom. The zero-order valence-corrected chi connectivity index (χ0v) is 15.1. The molecule has 3 N–H and O–H groups in total. The average Bonchev–Trinajstić information content (AvgIpc) is 3.16. The highest BCUT2D eigenvalue weighted by molar-refractivity contribution is 5.93. The third-order valence-electron chi connectivity index (χ3n) is 4.03. The van der Waals surface area contributed by atoms with Gasteiger partial charge in [-0.2, -0.15) is 13.2 Å². The van der Waals surface area contributed by atoms with Crippen LogP contribution in [-0.2, 0) is 11.0 Å². The van der Waals surface area contributed by atoms with Gasteiger partial charge in [-0.15, -0.1) is 0 Å². The molecule has 162 valence electrons. The number of alkyl halides is 3. The minimum atomic E-state index is -4.54. The van der Waals surface area contributed by atoms with Crippen molar-refractivity contribution in [2.75, 3.05) is 0 Å². The number of nitrogens with two attached hydrogens (primary N) is 1. The van der Waals surface area contributed by atoms with Crippen LogP contribution < -0.4 is 10.5 Å². The molecule has 0 aliphatic rings. The number of aliphatic carboxylic acids is 1. The van der Waals surface area contributed by atoms with E-state index in [1.807, 2.05) is 0 Å². The number of halogens is 5. The summed E-state index contributed by atoms with van der Waals surface area (Å²) >= 11 is 0. The zero-order valence-electron chi connectivity index (χ0n) is 15.1. The highest BCUT2D eigenvalue weighted by atomic mass is 19.4. The molecule has 0 saturated carbocycles. The van der Waals surface area contributed by atoms with Gasteiger partial charge in [0.1, 0.15) is 23.3 Å². The van der Waals surface area contributed by atoms with E-state index in [1.54, 1.807) is 0 Å². The van der Waals surface area contributed by atoms with Crippen molar-refractivity contribution in [1.29, 1.82) is 0 Å². The van der Waals surface area contributed by atoms with Crippen molar-refractivity contribution >= 4 is 11.9 Å². The Balaban J connectivity index is 1.91. The summed E-state index contributed by atoms with van der Waals surface area (Å²) in [4.78, 5) is 26.6. The van der Waals surface area contributed by atoms with E-state index in [-0.39, 0.29) is 11.3 Å². The van der Waals surface area contributed by atoms with Crippen LogP contribution in [0.25, 0.3) is 11.3 Å². The van der Waals surface area contributed by atoms with Gasteiger partial charge in [-0.25, -0.2) is 18.6 Å². The van der Waals surface area contributed by atoms with Crippen molar-refractivity contribution in [3.8, 4) is 17.0 Å². The number of carbonyl (C=O) groups is 2. The number of benzene rings is 2. The third-order valence-corrected chi connectivity index (χ3v) is 4.03. The van der Waals surface area contributed by atoms with Crippen molar-refractivity contribution in [1.82, 2.24) is 4.98 Å². The van der Waals surface area contributed by atoms with E-state index in [0.29, 0.717) is 6.07 Å². The van der Waals surface area contributed by atoms with Crippen molar-refractivity contribution in [3.05, 3.63) is 71.3 Å². The number of carboxylic acids is 1. The highest BCUT2D eigenvalue weighted by Crippen LogP contribution is 2.32. The summed E-state index contributed by atoms with van der Waals surface area (Å²) in [6, 6.07) is 5.19. The van der Waals surface area contributed by atoms with E-state index in [0.717, 1.165) is 36.6 Å². The zero-order chi connectivity index (χ0) is 22.9. The minimum absolute atomic E-state index is 0.0176. The van der Waals surface area contributed by atoms with Crippen molar-refractivity contribution < 1.29 is 45.8 Å². The normalized spacial score (nSPS) is 12.4. The van der Waals surface area contributed by atoms with Gasteiger partial charge < -0.3 is 20.0 Å². The first-order chi connectivity index (χ1) is 14.5. The fraction of sp³-hybridized carbons (Fsp3) is 0.105. The van der Waals surface area contributed by atoms with Crippen LogP contribution in [0.3, 0.4) is 0 Å². The van der Waals surface area contributed by atoms with E-state index in [1.165, 1.54) is 0 Å². The predicted molar refractivity (Wildman–Crippen MR) is 92.8 cm³/mol. The van der Waals surface area contributed by atoms with E-state index in [2.05, 4.69) is 4.98 Å². The maximum Gasteiger partial charge on any atom is 0.416 e. The Morgan fingerprint density at radius 1 is 1.10 bits per heavy atom. The van der Waals surface area contributed by atoms with Crippen LogP contribution in [-0.4, -0.2) is 22.0 Å². The van der Waals surface area contributed by atoms with Gasteiger partial charge >= 0.3 is 12.1 Å². The van der Waals surface area contributed by atoms with Gasteiger partial charge in [-0.05, 0) is 24.3 Å². The summed E-state index contributed by atoms with van der Waals surface area (Å²) in [6.07, 6.45) is -5.60. The number of primary amides is 1. The number of nitrogens with zero attached hydrogens (tertiary/aromatic N) is 1. The standard InChI is InChI=1S/C19H11F5N2O5/c20-10-5-6-12(14(21)13(10)16(25)27)31-15(18(28)29)17-26-11(7-30-17)8-1-3-9(4-2-8)19(22,23)24/h1-7,15H,(H2,25,27)(H,28,29). The van der Waals surface area contributed by atoms with Crippen LogP contribution in [0.4, 0.5) is 22.0 Å². The number of ether oxygens (including phenoxy) is 1. The second-order valence-corrected chi connectivity index (χ2v) is 6.08. The quantitative estimate of drug-likeness (QED) is 0.559. The fourth-order valence-electron chi connectivity index (χ4n) is 2.55. The predicted octanol–water partition coefficient (Wildman–Crippen LogP) is 3.94. The summed E-state index contributed by atoms with van der Waals surface area (Å²) in [5.74, 6) is -7.29. The van der Waals surface area contributed by atoms with Gasteiger partial charge in [0.2, 0.25) is 5.89 Å². The molecule has 0 radical (unpaired) electrons. The number of oxazole rings is 1. The Hall–Kier alpha value is -3.96. The van der Waals surface area contributed by atoms with Gasteiger partial charge in [0.15, 0.2) is 11.6 Å². The van der Waals surface area contributed by atoms with Crippen molar-refractivity contribution in [2.45, 2.75) is 12.3 Å². The molecule has 1 unspecified atom stereocenters. The molecule has 0 saturated heterocycles. The van der Waals surface area contributed by atoms with Crippen LogP contribution in [0.1, 0.15) is 27.9 Å². The molecule has 0 aliphatic heterocycles. The van der Waals surface area contributed by atoms with Crippen LogP contribution in [0, 0.1) is 11.6 Å². The smallest absolute Gasteiger partial charge is 0.416 e. The van der Waals surface area contributed by atoms with Crippen LogP contribution in [0.5, 0.6) is 5.75 Å². The van der Waals surface area contributed by atoms with Gasteiger partial charge in [-0.3, -0.25) is 4.79 Å². The van der Waals surface area contributed by atoms with E-state index in [9.17, 15) is 36.6 Å². The third kappa shape index (κ3) is 4.47. The molecule has 1 aromatic heterocycles. The monoisotopic (exact) mass is 442 g/mol. The van der Waals surface area contributed by atoms with Gasteiger partial charge in [-0.1, -0.05) is 12.1 Å². The maximum atomic E-state index is 14.3. The lowest BCUT2D eigenvalue weighted by Crippen LogP contribution is -2.21. The van der Waals surface area contributed by atoms with Crippen LogP contribution in [0.15, 0.2) is 47.1 Å². The second kappa shape index (κ2) is 8.05. The lowest BCUT2D eigenvalue weighted by Gasteiger charge is -2.14. The summed E-state index contributed by atoms with van der Waals surface area (Å²) in [5, 5.41) is 9.38. The first-order valence-electron chi connectivity index (χ1n) is 8.29. The molecule has 1 amide bonds. The second-order valence-electron chi connectivity index (χ2n) is 6.08. The molecule has 31 heavy (non-hydrogen) atoms. The summed E-state index contributed by atoms with van der Waals surface area (Å²) in [5.41, 5.74) is 3.03. The SMILES string of the molecule is NC(=O)c1c(F)ccc(OC(C(=O)O)c2nc(-c3ccc(C(F)(F)F)cc3)co2)c1F. The Labute approximate surface area is 169 Å². The Morgan fingerprint density at radius 2 is 1.74 bits per heavy atom. The molecule has 0 bridgehead atoms. The van der Waals surface area contributed by atoms with E-state index in [4.69, 9.17) is 14.9 Å². The lowest BCUT2D eigenvalue weighted by molar-refractivity contribution is -0.146. The molecule has 12 heteroatoms. The fourth-order valence-corrected chi connectivity index (χ4v) is 2.55. The minimum Gasteiger partial charge on any atom is -0.478 e. The lowest BCUT2D eigenvalue weighted by atomic mass is 10.1. The van der Waals surface area contributed by atoms with Gasteiger partial charge in [0.05, 0.1) is 5.56 Å². The Kier molecular flexibility index (Phi) is 5.64. The number of rotatable bonds is 6. The number of hydrogen-bond acceptors (Lipinski definition) is 5. The first kappa shape index (κ1) is 21.7. The van der Waals surface area contributed by atoms with Gasteiger partial charge in [0.25, 0.3) is 12.0 Å². The molecule has 1 heterocycles. The summed E-state index contributed by atoms with van der Waals surface area (Å²) < 4.78 is 75.9. The number of hydrogen-bond donors (Lipinski definition) is 2. The average molecular weight is 442 g/mol. The van der Waals surface area contributed by atoms with E-state index >= 15 is 0 Å². The van der Waals surface area contributed by atoms with Crippen molar-refractivity contribution in [2.24, 2.45) is 5.73 Å². The number of aromatic nitrogens is 1. The molecule has 1 atom stereocenters. The number of carboxylic acid groups (broad SMARTS) is 1. The summed E-state index contributed by atoms with van der Waals surface area (Å²) in [7, 11) is 0. The van der Waals surface area contributed by atoms with E-state index < -0.39 is 58.6 Å². The molecule has 3 aromatic rings. The number of amides is 1. The molecule has 0 aliphatic carbocycles. The molecular weight excluding hydrogens is 431 g/mol. The molecule has 7 nitrogen and oxygen atoms in total. The van der Waals surface area contributed by atoms with Crippen molar-refractivity contribution in [3.63, 3.8) is 0 Å². The molecule has 2 aromatic carbocycles. The molecule has 3 rings (SSSR count). The molecular formula is C19H11F5N2O5. The Bertz CT molecular complexity index is 1140. The number of carbonyl (C=O) groups excluding carboxylic acids is 1. The summed E-state index contributed by atoms with van der Waals surface area (Å²) in [6.45, 7) is 0.